The van der Waals surface area contributed by atoms with Gasteiger partial charge in [-0.3, -0.25) is 9.98 Å². The van der Waals surface area contributed by atoms with Gasteiger partial charge in [0.15, 0.2) is 5.96 Å². The first-order chi connectivity index (χ1) is 12.2. The molecule has 1 saturated heterocycles. The van der Waals surface area contributed by atoms with Crippen molar-refractivity contribution in [3.05, 3.63) is 30.1 Å². The molecule has 0 amide bonds. The van der Waals surface area contributed by atoms with Crippen LogP contribution in [0, 0.1) is 0 Å². The van der Waals surface area contributed by atoms with Gasteiger partial charge in [0.25, 0.3) is 0 Å². The normalized spacial score (nSPS) is 17.4. The average molecular weight is 475 g/mol. The monoisotopic (exact) mass is 475 g/mol. The summed E-state index contributed by atoms with van der Waals surface area (Å²) in [5.74, 6) is 0.794. The van der Waals surface area contributed by atoms with E-state index in [1.807, 2.05) is 12.1 Å². The van der Waals surface area contributed by atoms with E-state index in [9.17, 15) is 5.11 Å². The summed E-state index contributed by atoms with van der Waals surface area (Å²) in [7, 11) is 0. The number of aliphatic hydroxyl groups excluding tert-OH is 1. The zero-order valence-electron chi connectivity index (χ0n) is 16.0. The van der Waals surface area contributed by atoms with E-state index in [1.54, 1.807) is 12.4 Å². The molecule has 26 heavy (non-hydrogen) atoms. The highest BCUT2D eigenvalue weighted by atomic mass is 127. The Hall–Kier alpha value is -0.930. The zero-order valence-corrected chi connectivity index (χ0v) is 18.4. The van der Waals surface area contributed by atoms with Crippen molar-refractivity contribution >= 4 is 29.9 Å². The molecule has 0 bridgehead atoms. The molecule has 1 aliphatic rings. The molecular formula is C19H34IN5O. The number of unbranched alkanes of at least 4 members (excludes halogenated alkanes) is 1. The predicted octanol–water partition coefficient (Wildman–Crippen LogP) is 2.55. The van der Waals surface area contributed by atoms with Crippen LogP contribution in [-0.4, -0.2) is 59.7 Å². The van der Waals surface area contributed by atoms with Gasteiger partial charge in [-0.15, -0.1) is 24.0 Å². The minimum Gasteiger partial charge on any atom is -0.386 e. The lowest BCUT2D eigenvalue weighted by Gasteiger charge is -2.33. The van der Waals surface area contributed by atoms with E-state index in [0.717, 1.165) is 44.0 Å². The fraction of sp³-hybridized carbons (Fsp3) is 0.684. The number of hydrogen-bond acceptors (Lipinski definition) is 4. The maximum absolute atomic E-state index is 10.3. The number of hydrogen-bond donors (Lipinski definition) is 3. The van der Waals surface area contributed by atoms with Gasteiger partial charge >= 0.3 is 0 Å². The fourth-order valence-corrected chi connectivity index (χ4v) is 3.06. The van der Waals surface area contributed by atoms with Crippen molar-refractivity contribution in [3.63, 3.8) is 0 Å². The Morgan fingerprint density at radius 3 is 2.62 bits per heavy atom. The van der Waals surface area contributed by atoms with Crippen LogP contribution >= 0.6 is 24.0 Å². The third-order valence-electron chi connectivity index (χ3n) is 4.61. The van der Waals surface area contributed by atoms with Crippen molar-refractivity contribution in [1.82, 2.24) is 20.5 Å². The van der Waals surface area contributed by atoms with Gasteiger partial charge in [-0.05, 0) is 50.4 Å². The molecule has 0 radical (unpaired) electrons. The van der Waals surface area contributed by atoms with E-state index in [0.29, 0.717) is 12.6 Å². The third-order valence-corrected chi connectivity index (χ3v) is 4.61. The number of piperidine rings is 1. The van der Waals surface area contributed by atoms with E-state index >= 15 is 0 Å². The van der Waals surface area contributed by atoms with Crippen molar-refractivity contribution in [2.75, 3.05) is 32.7 Å². The second-order valence-electron chi connectivity index (χ2n) is 6.63. The summed E-state index contributed by atoms with van der Waals surface area (Å²) >= 11 is 0. The Morgan fingerprint density at radius 2 is 2.00 bits per heavy atom. The molecule has 0 spiro atoms. The van der Waals surface area contributed by atoms with Gasteiger partial charge in [-0.1, -0.05) is 13.3 Å². The van der Waals surface area contributed by atoms with Crippen LogP contribution in [0.5, 0.6) is 0 Å². The summed E-state index contributed by atoms with van der Waals surface area (Å²) in [5, 5.41) is 17.1. The molecule has 3 N–H and O–H groups in total. The first kappa shape index (κ1) is 23.1. The highest BCUT2D eigenvalue weighted by molar-refractivity contribution is 14.0. The van der Waals surface area contributed by atoms with E-state index in [4.69, 9.17) is 0 Å². The molecule has 1 unspecified atom stereocenters. The van der Waals surface area contributed by atoms with Crippen LogP contribution in [0.15, 0.2) is 29.5 Å². The highest BCUT2D eigenvalue weighted by Crippen LogP contribution is 2.13. The zero-order chi connectivity index (χ0) is 17.9. The number of rotatable bonds is 8. The molecule has 1 aliphatic heterocycles. The molecule has 0 aromatic carbocycles. The van der Waals surface area contributed by atoms with Gasteiger partial charge in [-0.25, -0.2) is 0 Å². The topological polar surface area (TPSA) is 72.8 Å². The molecule has 1 aromatic rings. The van der Waals surface area contributed by atoms with Gasteiger partial charge in [-0.2, -0.15) is 0 Å². The molecule has 1 fully saturated rings. The maximum Gasteiger partial charge on any atom is 0.191 e. The lowest BCUT2D eigenvalue weighted by Crippen LogP contribution is -2.48. The first-order valence-corrected chi connectivity index (χ1v) is 9.58. The van der Waals surface area contributed by atoms with E-state index in [2.05, 4.69) is 39.4 Å². The number of likely N-dealkylation sites (tertiary alicyclic amines) is 1. The van der Waals surface area contributed by atoms with Crippen LogP contribution < -0.4 is 10.6 Å². The average Bonchev–Trinajstić information content (AvgIpc) is 2.66. The molecular weight excluding hydrogens is 441 g/mol. The lowest BCUT2D eigenvalue weighted by molar-refractivity contribution is 0.186. The van der Waals surface area contributed by atoms with Crippen LogP contribution in [0.25, 0.3) is 0 Å². The summed E-state index contributed by atoms with van der Waals surface area (Å²) < 4.78 is 0. The van der Waals surface area contributed by atoms with Crippen LogP contribution in [0.4, 0.5) is 0 Å². The van der Waals surface area contributed by atoms with Gasteiger partial charge in [0.2, 0.25) is 0 Å². The maximum atomic E-state index is 10.3. The second-order valence-corrected chi connectivity index (χ2v) is 6.63. The number of halogens is 1. The molecule has 6 nitrogen and oxygen atoms in total. The third kappa shape index (κ3) is 8.18. The number of nitrogens with zero attached hydrogens (tertiary/aromatic N) is 3. The molecule has 1 aromatic heterocycles. The van der Waals surface area contributed by atoms with Crippen molar-refractivity contribution in [2.45, 2.75) is 51.7 Å². The summed E-state index contributed by atoms with van der Waals surface area (Å²) in [4.78, 5) is 11.1. The predicted molar refractivity (Wildman–Crippen MR) is 118 cm³/mol. The van der Waals surface area contributed by atoms with Crippen molar-refractivity contribution in [1.29, 1.82) is 0 Å². The molecule has 0 saturated carbocycles. The van der Waals surface area contributed by atoms with Gasteiger partial charge in [0, 0.05) is 38.1 Å². The van der Waals surface area contributed by atoms with E-state index in [1.165, 1.54) is 19.4 Å². The number of aliphatic hydroxyl groups is 1. The van der Waals surface area contributed by atoms with Crippen LogP contribution in [0.1, 0.15) is 51.2 Å². The Kier molecular flexibility index (Phi) is 11.8. The number of guanidine groups is 1. The number of pyridine rings is 1. The molecule has 2 heterocycles. The van der Waals surface area contributed by atoms with Gasteiger partial charge in [0.05, 0.1) is 12.6 Å². The fourth-order valence-electron chi connectivity index (χ4n) is 3.06. The quantitative estimate of drug-likeness (QED) is 0.306. The lowest BCUT2D eigenvalue weighted by atomic mass is 10.0. The Bertz CT molecular complexity index is 506. The Morgan fingerprint density at radius 1 is 1.31 bits per heavy atom. The largest absolute Gasteiger partial charge is 0.386 e. The number of aromatic nitrogens is 1. The second kappa shape index (κ2) is 13.3. The summed E-state index contributed by atoms with van der Waals surface area (Å²) in [6, 6.07) is 4.10. The smallest absolute Gasteiger partial charge is 0.191 e. The molecule has 1 atom stereocenters. The van der Waals surface area contributed by atoms with Gasteiger partial charge < -0.3 is 20.6 Å². The van der Waals surface area contributed by atoms with Crippen molar-refractivity contribution in [2.24, 2.45) is 4.99 Å². The van der Waals surface area contributed by atoms with Crippen LogP contribution in [0.3, 0.4) is 0 Å². The Labute approximate surface area is 174 Å². The summed E-state index contributed by atoms with van der Waals surface area (Å²) in [6.07, 6.45) is 7.61. The molecule has 148 valence electrons. The van der Waals surface area contributed by atoms with E-state index < -0.39 is 6.10 Å². The van der Waals surface area contributed by atoms with E-state index in [-0.39, 0.29) is 24.0 Å². The first-order valence-electron chi connectivity index (χ1n) is 9.58. The van der Waals surface area contributed by atoms with Crippen molar-refractivity contribution < 1.29 is 5.11 Å². The summed E-state index contributed by atoms with van der Waals surface area (Å²) in [6.45, 7) is 8.97. The molecule has 2 rings (SSSR count). The molecule has 7 heteroatoms. The standard InChI is InChI=1S/C19H33N5O.HI/c1-3-5-12-24-13-8-17(9-14-24)23-19(21-4-2)22-15-18(25)16-6-10-20-11-7-16;/h6-7,10-11,17-18,25H,3-5,8-9,12-15H2,1-2H3,(H2,21,22,23);1H. The highest BCUT2D eigenvalue weighted by Gasteiger charge is 2.19. The summed E-state index contributed by atoms with van der Waals surface area (Å²) in [5.41, 5.74) is 0.846. The number of nitrogens with one attached hydrogen (secondary N) is 2. The molecule has 0 aliphatic carbocycles. The Balaban J connectivity index is 0.00000338. The van der Waals surface area contributed by atoms with Gasteiger partial charge in [0.1, 0.15) is 0 Å². The van der Waals surface area contributed by atoms with Crippen LogP contribution in [0.2, 0.25) is 0 Å². The SMILES string of the molecule is CCCCN1CCC(NC(=NCC(O)c2ccncc2)NCC)CC1.I. The minimum absolute atomic E-state index is 0. The van der Waals surface area contributed by atoms with Crippen molar-refractivity contribution in [3.8, 4) is 0 Å². The minimum atomic E-state index is -0.602. The van der Waals surface area contributed by atoms with Crippen LogP contribution in [-0.2, 0) is 0 Å². The number of aliphatic imine (C=N–C) groups is 1.